The number of carbonyl (C=O) groups is 2. The molecule has 4 rings (SSSR count). The minimum atomic E-state index is -0.225. The zero-order valence-electron chi connectivity index (χ0n) is 17.6. The van der Waals surface area contributed by atoms with E-state index in [0.29, 0.717) is 44.2 Å². The Morgan fingerprint density at radius 3 is 2.41 bits per heavy atom. The van der Waals surface area contributed by atoms with Crippen molar-refractivity contribution in [2.75, 3.05) is 19.6 Å². The molecule has 0 bridgehead atoms. The summed E-state index contributed by atoms with van der Waals surface area (Å²) in [4.78, 5) is 34.4. The van der Waals surface area contributed by atoms with Crippen molar-refractivity contribution in [1.82, 2.24) is 19.9 Å². The van der Waals surface area contributed by atoms with Crippen LogP contribution in [0, 0.1) is 18.8 Å². The van der Waals surface area contributed by atoms with Gasteiger partial charge in [-0.2, -0.15) is 4.98 Å². The van der Waals surface area contributed by atoms with E-state index in [1.807, 2.05) is 9.80 Å². The second-order valence-corrected chi connectivity index (χ2v) is 9.07. The van der Waals surface area contributed by atoms with Gasteiger partial charge < -0.3 is 14.3 Å². The summed E-state index contributed by atoms with van der Waals surface area (Å²) in [5.41, 5.74) is 0. The van der Waals surface area contributed by atoms with Crippen LogP contribution >= 0.6 is 0 Å². The van der Waals surface area contributed by atoms with Gasteiger partial charge in [0.15, 0.2) is 5.82 Å². The van der Waals surface area contributed by atoms with Crippen LogP contribution < -0.4 is 0 Å². The molecule has 0 spiro atoms. The van der Waals surface area contributed by atoms with Crippen molar-refractivity contribution in [2.45, 2.75) is 83.6 Å². The fourth-order valence-electron chi connectivity index (χ4n) is 5.34. The van der Waals surface area contributed by atoms with Crippen molar-refractivity contribution in [3.8, 4) is 0 Å². The third kappa shape index (κ3) is 4.81. The molecule has 2 aliphatic carbocycles. The predicted octanol–water partition coefficient (Wildman–Crippen LogP) is 3.64. The molecule has 3 aliphatic rings. The van der Waals surface area contributed by atoms with Gasteiger partial charge in [0.2, 0.25) is 17.7 Å². The molecular weight excluding hydrogens is 368 g/mol. The van der Waals surface area contributed by atoms with Gasteiger partial charge in [0.05, 0.1) is 0 Å². The third-order valence-corrected chi connectivity index (χ3v) is 7.07. The first-order valence-corrected chi connectivity index (χ1v) is 11.5. The molecular formula is C22H34N4O3. The quantitative estimate of drug-likeness (QED) is 0.751. The van der Waals surface area contributed by atoms with E-state index in [0.717, 1.165) is 38.0 Å². The summed E-state index contributed by atoms with van der Waals surface area (Å²) < 4.78 is 5.45. The fourth-order valence-corrected chi connectivity index (χ4v) is 5.34. The van der Waals surface area contributed by atoms with Crippen LogP contribution in [0.2, 0.25) is 0 Å². The van der Waals surface area contributed by atoms with Crippen molar-refractivity contribution < 1.29 is 14.1 Å². The highest BCUT2D eigenvalue weighted by Crippen LogP contribution is 2.33. The second kappa shape index (κ2) is 9.26. The van der Waals surface area contributed by atoms with E-state index < -0.39 is 0 Å². The predicted molar refractivity (Wildman–Crippen MR) is 108 cm³/mol. The molecule has 1 aliphatic heterocycles. The lowest BCUT2D eigenvalue weighted by Crippen LogP contribution is -2.41. The summed E-state index contributed by atoms with van der Waals surface area (Å²) in [6.45, 7) is 3.60. The zero-order chi connectivity index (χ0) is 20.2. The minimum absolute atomic E-state index is 0.103. The molecule has 0 N–H and O–H groups in total. The van der Waals surface area contributed by atoms with E-state index in [1.54, 1.807) is 6.92 Å². The molecule has 160 valence electrons. The molecule has 2 amide bonds. The molecule has 3 fully saturated rings. The molecule has 7 heteroatoms. The van der Waals surface area contributed by atoms with E-state index in [-0.39, 0.29) is 23.8 Å². The Bertz CT molecular complexity index is 707. The Balaban J connectivity index is 1.43. The van der Waals surface area contributed by atoms with Crippen LogP contribution in [-0.2, 0) is 9.59 Å². The number of rotatable bonds is 5. The molecule has 1 saturated heterocycles. The van der Waals surface area contributed by atoms with Crippen LogP contribution in [0.3, 0.4) is 0 Å². The van der Waals surface area contributed by atoms with Crippen LogP contribution in [0.4, 0.5) is 0 Å². The summed E-state index contributed by atoms with van der Waals surface area (Å²) >= 11 is 0. The number of hydrogen-bond acceptors (Lipinski definition) is 5. The Morgan fingerprint density at radius 2 is 1.72 bits per heavy atom. The topological polar surface area (TPSA) is 79.5 Å². The van der Waals surface area contributed by atoms with Crippen molar-refractivity contribution in [3.63, 3.8) is 0 Å². The van der Waals surface area contributed by atoms with Gasteiger partial charge in [0.1, 0.15) is 6.04 Å². The number of hydrogen-bond donors (Lipinski definition) is 0. The zero-order valence-corrected chi connectivity index (χ0v) is 17.6. The first kappa shape index (κ1) is 20.4. The number of nitrogens with zero attached hydrogens (tertiary/aromatic N) is 4. The van der Waals surface area contributed by atoms with Gasteiger partial charge in [0.25, 0.3) is 0 Å². The second-order valence-electron chi connectivity index (χ2n) is 9.07. The molecule has 29 heavy (non-hydrogen) atoms. The minimum Gasteiger partial charge on any atom is -0.341 e. The van der Waals surface area contributed by atoms with E-state index in [2.05, 4.69) is 10.1 Å². The Labute approximate surface area is 173 Å². The standard InChI is InChI=1S/C22H34N4O3/c1-16-23-21(29-24-16)19-12-13-25(20(27)11-10-17-6-2-3-7-17)14-15-26(19)22(28)18-8-4-5-9-18/h17-19H,2-15H2,1H3. The summed E-state index contributed by atoms with van der Waals surface area (Å²) in [6.07, 6.45) is 11.7. The van der Waals surface area contributed by atoms with E-state index in [1.165, 1.54) is 25.7 Å². The molecule has 1 atom stereocenters. The molecule has 1 aromatic heterocycles. The van der Waals surface area contributed by atoms with Gasteiger partial charge in [-0.1, -0.05) is 43.7 Å². The van der Waals surface area contributed by atoms with Crippen molar-refractivity contribution in [2.24, 2.45) is 11.8 Å². The number of aryl methyl sites for hydroxylation is 1. The molecule has 0 radical (unpaired) electrons. The summed E-state index contributed by atoms with van der Waals surface area (Å²) in [7, 11) is 0. The van der Waals surface area contributed by atoms with Crippen LogP contribution in [-0.4, -0.2) is 51.4 Å². The van der Waals surface area contributed by atoms with Gasteiger partial charge in [0, 0.05) is 32.0 Å². The summed E-state index contributed by atoms with van der Waals surface area (Å²) in [5, 5.41) is 3.94. The number of carbonyl (C=O) groups excluding carboxylic acids is 2. The highest BCUT2D eigenvalue weighted by atomic mass is 16.5. The lowest BCUT2D eigenvalue weighted by Gasteiger charge is -2.29. The fraction of sp³-hybridized carbons (Fsp3) is 0.818. The maximum atomic E-state index is 13.3. The molecule has 0 aromatic carbocycles. The van der Waals surface area contributed by atoms with Gasteiger partial charge in [-0.3, -0.25) is 9.59 Å². The van der Waals surface area contributed by atoms with Crippen LogP contribution in [0.25, 0.3) is 0 Å². The Morgan fingerprint density at radius 1 is 1.00 bits per heavy atom. The van der Waals surface area contributed by atoms with Crippen molar-refractivity contribution in [1.29, 1.82) is 0 Å². The highest BCUT2D eigenvalue weighted by Gasteiger charge is 2.37. The number of aromatic nitrogens is 2. The maximum absolute atomic E-state index is 13.3. The van der Waals surface area contributed by atoms with E-state index >= 15 is 0 Å². The Kier molecular flexibility index (Phi) is 6.50. The largest absolute Gasteiger partial charge is 0.341 e. The van der Waals surface area contributed by atoms with Crippen LogP contribution in [0.15, 0.2) is 4.52 Å². The monoisotopic (exact) mass is 402 g/mol. The molecule has 7 nitrogen and oxygen atoms in total. The SMILES string of the molecule is Cc1noc(C2CCN(C(=O)CCC3CCCC3)CCN2C(=O)C2CCCC2)n1. The smallest absolute Gasteiger partial charge is 0.249 e. The Hall–Kier alpha value is -1.92. The lowest BCUT2D eigenvalue weighted by atomic mass is 10.0. The summed E-state index contributed by atoms with van der Waals surface area (Å²) in [6, 6.07) is -0.225. The maximum Gasteiger partial charge on any atom is 0.249 e. The van der Waals surface area contributed by atoms with Gasteiger partial charge in [-0.15, -0.1) is 0 Å². The average Bonchev–Trinajstić information content (AvgIpc) is 3.47. The number of amides is 2. The van der Waals surface area contributed by atoms with Crippen molar-refractivity contribution >= 4 is 11.8 Å². The van der Waals surface area contributed by atoms with E-state index in [4.69, 9.17) is 4.52 Å². The van der Waals surface area contributed by atoms with Crippen LogP contribution in [0.5, 0.6) is 0 Å². The highest BCUT2D eigenvalue weighted by molar-refractivity contribution is 5.80. The molecule has 1 unspecified atom stereocenters. The van der Waals surface area contributed by atoms with Gasteiger partial charge in [-0.05, 0) is 38.5 Å². The first-order valence-electron chi connectivity index (χ1n) is 11.5. The van der Waals surface area contributed by atoms with Gasteiger partial charge in [-0.25, -0.2) is 0 Å². The third-order valence-electron chi connectivity index (χ3n) is 7.07. The summed E-state index contributed by atoms with van der Waals surface area (Å²) in [5.74, 6) is 2.35. The average molecular weight is 403 g/mol. The first-order chi connectivity index (χ1) is 14.1. The molecule has 2 saturated carbocycles. The normalized spacial score (nSPS) is 24.2. The lowest BCUT2D eigenvalue weighted by molar-refractivity contribution is -0.139. The van der Waals surface area contributed by atoms with Gasteiger partial charge >= 0.3 is 0 Å². The van der Waals surface area contributed by atoms with Crippen molar-refractivity contribution in [3.05, 3.63) is 11.7 Å². The molecule has 1 aromatic rings. The van der Waals surface area contributed by atoms with Crippen LogP contribution in [0.1, 0.15) is 88.4 Å². The molecule has 2 heterocycles. The van der Waals surface area contributed by atoms with E-state index in [9.17, 15) is 9.59 Å².